The third-order valence-corrected chi connectivity index (χ3v) is 3.05. The molecule has 1 aliphatic rings. The van der Waals surface area contributed by atoms with Crippen molar-refractivity contribution in [3.63, 3.8) is 0 Å². The number of rotatable bonds is 1. The molecule has 2 aromatic rings. The first-order valence-electron chi connectivity index (χ1n) is 5.24. The van der Waals surface area contributed by atoms with Crippen LogP contribution in [0.25, 0.3) is 11.3 Å². The van der Waals surface area contributed by atoms with Gasteiger partial charge in [-0.25, -0.2) is 4.39 Å². The number of halogens is 1. The molecule has 1 aliphatic heterocycles. The zero-order valence-electron chi connectivity index (χ0n) is 8.94. The minimum atomic E-state index is -0.154. The quantitative estimate of drug-likeness (QED) is 0.728. The fourth-order valence-corrected chi connectivity index (χ4v) is 2.28. The smallest absolute Gasteiger partial charge is 0.146 e. The molecule has 16 heavy (non-hydrogen) atoms. The first-order valence-corrected chi connectivity index (χ1v) is 5.24. The molecule has 4 heteroatoms. The Labute approximate surface area is 92.9 Å². The van der Waals surface area contributed by atoms with Crippen molar-refractivity contribution in [3.05, 3.63) is 35.8 Å². The summed E-state index contributed by atoms with van der Waals surface area (Å²) in [5.41, 5.74) is 3.58. The molecule has 2 heterocycles. The van der Waals surface area contributed by atoms with Crippen molar-refractivity contribution in [2.45, 2.75) is 6.42 Å². The number of anilines is 1. The summed E-state index contributed by atoms with van der Waals surface area (Å²) < 4.78 is 13.7. The minimum absolute atomic E-state index is 0.154. The molecule has 3 rings (SSSR count). The van der Waals surface area contributed by atoms with Crippen LogP contribution in [0, 0.1) is 5.82 Å². The van der Waals surface area contributed by atoms with Gasteiger partial charge in [-0.3, -0.25) is 0 Å². The van der Waals surface area contributed by atoms with Crippen LogP contribution in [0.2, 0.25) is 0 Å². The van der Waals surface area contributed by atoms with E-state index in [9.17, 15) is 4.39 Å². The fourth-order valence-electron chi connectivity index (χ4n) is 2.28. The van der Waals surface area contributed by atoms with Gasteiger partial charge in [0.1, 0.15) is 5.82 Å². The fraction of sp³-hybridized carbons (Fsp3) is 0.250. The maximum absolute atomic E-state index is 13.7. The molecule has 1 aromatic heterocycles. The number of fused-ring (bicyclic) bond motifs is 1. The second kappa shape index (κ2) is 3.33. The van der Waals surface area contributed by atoms with E-state index in [-0.39, 0.29) is 5.82 Å². The summed E-state index contributed by atoms with van der Waals surface area (Å²) in [7, 11) is 1.91. The predicted octanol–water partition coefficient (Wildman–Crippen LogP) is 1.84. The van der Waals surface area contributed by atoms with Crippen LogP contribution < -0.4 is 10.00 Å². The number of likely N-dealkylation sites (N-methyl/N-ethyl adjacent to an activating group) is 1. The maximum atomic E-state index is 13.7. The van der Waals surface area contributed by atoms with Gasteiger partial charge in [0.05, 0.1) is 5.69 Å². The van der Waals surface area contributed by atoms with Crippen LogP contribution in [-0.4, -0.2) is 18.7 Å². The highest BCUT2D eigenvalue weighted by Gasteiger charge is 2.23. The lowest BCUT2D eigenvalue weighted by Gasteiger charge is -2.14. The van der Waals surface area contributed by atoms with Crippen molar-refractivity contribution in [2.75, 3.05) is 18.5 Å². The molecule has 0 spiro atoms. The highest BCUT2D eigenvalue weighted by atomic mass is 19.1. The first kappa shape index (κ1) is 9.39. The van der Waals surface area contributed by atoms with Crippen molar-refractivity contribution in [1.82, 2.24) is 10.2 Å². The molecular formula is C12H11FN3-. The third-order valence-electron chi connectivity index (χ3n) is 3.05. The standard InChI is InChI=1S/C12H11FN3/c1-16-7-5-9-8(11-4-6-14-15-11)2-3-10(13)12(9)16/h2-4,6H,5,7H2,1H3/q-1. The van der Waals surface area contributed by atoms with E-state index in [1.54, 1.807) is 12.3 Å². The van der Waals surface area contributed by atoms with Crippen LogP contribution in [0.5, 0.6) is 0 Å². The Morgan fingerprint density at radius 1 is 1.38 bits per heavy atom. The monoisotopic (exact) mass is 216 g/mol. The van der Waals surface area contributed by atoms with Crippen LogP contribution in [0.15, 0.2) is 24.4 Å². The molecule has 82 valence electrons. The highest BCUT2D eigenvalue weighted by Crippen LogP contribution is 2.36. The van der Waals surface area contributed by atoms with Crippen molar-refractivity contribution in [3.8, 4) is 11.3 Å². The van der Waals surface area contributed by atoms with Gasteiger partial charge in [-0.2, -0.15) is 6.20 Å². The number of hydrogen-bond acceptors (Lipinski definition) is 2. The van der Waals surface area contributed by atoms with Crippen LogP contribution in [0.1, 0.15) is 5.56 Å². The van der Waals surface area contributed by atoms with Crippen molar-refractivity contribution >= 4 is 5.69 Å². The van der Waals surface area contributed by atoms with Crippen LogP contribution in [0.3, 0.4) is 0 Å². The van der Waals surface area contributed by atoms with Crippen LogP contribution in [-0.2, 0) is 6.42 Å². The number of aromatic nitrogens is 2. The predicted molar refractivity (Wildman–Crippen MR) is 59.9 cm³/mol. The van der Waals surface area contributed by atoms with E-state index >= 15 is 0 Å². The normalized spacial score (nSPS) is 14.2. The molecule has 0 bridgehead atoms. The van der Waals surface area contributed by atoms with Crippen molar-refractivity contribution < 1.29 is 4.39 Å². The molecule has 1 aromatic carbocycles. The van der Waals surface area contributed by atoms with Gasteiger partial charge in [-0.05, 0) is 24.1 Å². The molecular weight excluding hydrogens is 205 g/mol. The zero-order chi connectivity index (χ0) is 11.1. The van der Waals surface area contributed by atoms with Gasteiger partial charge in [0.2, 0.25) is 0 Å². The van der Waals surface area contributed by atoms with Crippen molar-refractivity contribution in [2.24, 2.45) is 0 Å². The summed E-state index contributed by atoms with van der Waals surface area (Å²) >= 11 is 0. The average Bonchev–Trinajstić information content (AvgIpc) is 2.89. The lowest BCUT2D eigenvalue weighted by Crippen LogP contribution is -2.13. The Hall–Kier alpha value is -1.84. The van der Waals surface area contributed by atoms with Gasteiger partial charge in [-0.15, -0.1) is 0 Å². The highest BCUT2D eigenvalue weighted by molar-refractivity contribution is 5.74. The van der Waals surface area contributed by atoms with E-state index in [0.717, 1.165) is 29.8 Å². The van der Waals surface area contributed by atoms with Gasteiger partial charge in [0, 0.05) is 24.8 Å². The van der Waals surface area contributed by atoms with Gasteiger partial charge in [0.15, 0.2) is 0 Å². The average molecular weight is 216 g/mol. The van der Waals surface area contributed by atoms with Gasteiger partial charge >= 0.3 is 0 Å². The summed E-state index contributed by atoms with van der Waals surface area (Å²) in [4.78, 5) is 1.95. The molecule has 0 amide bonds. The zero-order valence-corrected chi connectivity index (χ0v) is 8.94. The number of benzene rings is 1. The van der Waals surface area contributed by atoms with E-state index in [1.807, 2.05) is 18.0 Å². The Morgan fingerprint density at radius 2 is 2.25 bits per heavy atom. The Balaban J connectivity index is 2.23. The molecule has 0 atom stereocenters. The summed E-state index contributed by atoms with van der Waals surface area (Å²) in [6.07, 6.45) is 2.52. The molecule has 0 saturated heterocycles. The summed E-state index contributed by atoms with van der Waals surface area (Å²) in [6, 6.07) is 5.15. The first-order chi connectivity index (χ1) is 7.77. The van der Waals surface area contributed by atoms with E-state index in [4.69, 9.17) is 0 Å². The van der Waals surface area contributed by atoms with E-state index in [0.29, 0.717) is 5.69 Å². The SMILES string of the molecule is CN1CCc2c(-c3cc[n-]n3)ccc(F)c21. The summed E-state index contributed by atoms with van der Waals surface area (Å²) in [5.74, 6) is -0.154. The second-order valence-electron chi connectivity index (χ2n) is 4.01. The number of hydrogen-bond donors (Lipinski definition) is 0. The molecule has 0 aliphatic carbocycles. The van der Waals surface area contributed by atoms with Crippen molar-refractivity contribution in [1.29, 1.82) is 0 Å². The maximum Gasteiger partial charge on any atom is 0.146 e. The Morgan fingerprint density at radius 3 is 3.00 bits per heavy atom. The topological polar surface area (TPSA) is 30.2 Å². The lowest BCUT2D eigenvalue weighted by atomic mass is 10.0. The largest absolute Gasteiger partial charge is 0.581 e. The molecule has 0 fully saturated rings. The lowest BCUT2D eigenvalue weighted by molar-refractivity contribution is 0.626. The van der Waals surface area contributed by atoms with Gasteiger partial charge < -0.3 is 15.1 Å². The van der Waals surface area contributed by atoms with E-state index < -0.39 is 0 Å². The molecule has 0 N–H and O–H groups in total. The number of nitrogens with zero attached hydrogens (tertiary/aromatic N) is 3. The minimum Gasteiger partial charge on any atom is -0.581 e. The Bertz CT molecular complexity index is 519. The van der Waals surface area contributed by atoms with Gasteiger partial charge in [-0.1, -0.05) is 6.07 Å². The van der Waals surface area contributed by atoms with E-state index in [1.165, 1.54) is 6.07 Å². The molecule has 0 saturated carbocycles. The summed E-state index contributed by atoms with van der Waals surface area (Å²) in [5, 5.41) is 7.84. The van der Waals surface area contributed by atoms with Crippen LogP contribution in [0.4, 0.5) is 10.1 Å². The molecule has 0 radical (unpaired) electrons. The van der Waals surface area contributed by atoms with E-state index in [2.05, 4.69) is 10.2 Å². The second-order valence-corrected chi connectivity index (χ2v) is 4.01. The summed E-state index contributed by atoms with van der Waals surface area (Å²) in [6.45, 7) is 0.859. The Kier molecular flexibility index (Phi) is 1.96. The van der Waals surface area contributed by atoms with Gasteiger partial charge in [0.25, 0.3) is 0 Å². The molecule has 3 nitrogen and oxygen atoms in total. The third kappa shape index (κ3) is 1.23. The van der Waals surface area contributed by atoms with Crippen LogP contribution >= 0.6 is 0 Å². The molecule has 0 unspecified atom stereocenters.